The highest BCUT2D eigenvalue weighted by atomic mass is 32.2. The molecule has 0 unspecified atom stereocenters. The summed E-state index contributed by atoms with van der Waals surface area (Å²) >= 11 is 1.09. The topological polar surface area (TPSA) is 79.1 Å². The van der Waals surface area contributed by atoms with E-state index < -0.39 is 6.61 Å². The maximum Gasteiger partial charge on any atom is 0.387 e. The predicted molar refractivity (Wildman–Crippen MR) is 103 cm³/mol. The minimum atomic E-state index is -3.02. The van der Waals surface area contributed by atoms with Crippen molar-refractivity contribution in [2.45, 2.75) is 25.6 Å². The van der Waals surface area contributed by atoms with Crippen LogP contribution in [0, 0.1) is 13.8 Å². The van der Waals surface area contributed by atoms with E-state index in [4.69, 9.17) is 4.74 Å². The third kappa shape index (κ3) is 4.89. The number of nitrogens with zero attached hydrogens (tertiary/aromatic N) is 4. The van der Waals surface area contributed by atoms with E-state index in [-0.39, 0.29) is 22.8 Å². The molecule has 0 radical (unpaired) electrons. The molecule has 152 valence electrons. The Kier molecular flexibility index (Phi) is 6.42. The molecule has 2 aromatic carbocycles. The van der Waals surface area contributed by atoms with Crippen LogP contribution in [-0.4, -0.2) is 45.5 Å². The van der Waals surface area contributed by atoms with Crippen LogP contribution in [0.1, 0.15) is 21.5 Å². The summed E-state index contributed by atoms with van der Waals surface area (Å²) < 4.78 is 36.6. The number of benzene rings is 2. The summed E-state index contributed by atoms with van der Waals surface area (Å²) in [5, 5.41) is 12.0. The van der Waals surface area contributed by atoms with E-state index in [0.29, 0.717) is 16.6 Å². The highest BCUT2D eigenvalue weighted by Crippen LogP contribution is 2.29. The van der Waals surface area contributed by atoms with Gasteiger partial charge in [0.15, 0.2) is 5.78 Å². The van der Waals surface area contributed by atoms with Crippen molar-refractivity contribution in [3.8, 4) is 17.2 Å². The van der Waals surface area contributed by atoms with Crippen molar-refractivity contribution in [3.63, 3.8) is 0 Å². The molecule has 0 aliphatic rings. The van der Waals surface area contributed by atoms with Crippen LogP contribution in [0.2, 0.25) is 0 Å². The molecular formula is C19H18F2N4O3S. The van der Waals surface area contributed by atoms with Crippen LogP contribution < -0.4 is 9.47 Å². The monoisotopic (exact) mass is 420 g/mol. The van der Waals surface area contributed by atoms with Gasteiger partial charge < -0.3 is 9.47 Å². The number of methoxy groups -OCH3 is 1. The van der Waals surface area contributed by atoms with Crippen molar-refractivity contribution in [1.82, 2.24) is 20.2 Å². The number of carbonyl (C=O) groups excluding carboxylic acids is 1. The van der Waals surface area contributed by atoms with Crippen LogP contribution in [-0.2, 0) is 0 Å². The van der Waals surface area contributed by atoms with E-state index >= 15 is 0 Å². The Labute approximate surface area is 170 Å². The van der Waals surface area contributed by atoms with Crippen molar-refractivity contribution < 1.29 is 23.0 Å². The summed E-state index contributed by atoms with van der Waals surface area (Å²) in [4.78, 5) is 12.7. The Bertz CT molecular complexity index is 1030. The molecule has 0 aliphatic carbocycles. The highest BCUT2D eigenvalue weighted by Gasteiger charge is 2.19. The third-order valence-electron chi connectivity index (χ3n) is 3.99. The number of halogens is 2. The number of tetrazole rings is 1. The molecule has 0 saturated heterocycles. The summed E-state index contributed by atoms with van der Waals surface area (Å²) in [7, 11) is 1.54. The fraction of sp³-hybridized carbons (Fsp3) is 0.263. The minimum absolute atomic E-state index is 0.0580. The third-order valence-corrected chi connectivity index (χ3v) is 4.91. The van der Waals surface area contributed by atoms with Gasteiger partial charge in [-0.15, -0.1) is 5.10 Å². The van der Waals surface area contributed by atoms with Gasteiger partial charge in [-0.25, -0.2) is 0 Å². The molecular weight excluding hydrogens is 402 g/mol. The summed E-state index contributed by atoms with van der Waals surface area (Å²) in [6.07, 6.45) is 0. The van der Waals surface area contributed by atoms with E-state index in [1.807, 2.05) is 19.1 Å². The lowest BCUT2D eigenvalue weighted by atomic mass is 10.1. The predicted octanol–water partition coefficient (Wildman–Crippen LogP) is 3.86. The van der Waals surface area contributed by atoms with Gasteiger partial charge in [0.25, 0.3) is 0 Å². The lowest BCUT2D eigenvalue weighted by molar-refractivity contribution is -0.0501. The molecule has 0 saturated carbocycles. The fourth-order valence-corrected chi connectivity index (χ4v) is 3.42. The Morgan fingerprint density at radius 1 is 1.14 bits per heavy atom. The average molecular weight is 420 g/mol. The quantitative estimate of drug-likeness (QED) is 0.404. The zero-order valence-electron chi connectivity index (χ0n) is 15.9. The second kappa shape index (κ2) is 8.99. The van der Waals surface area contributed by atoms with Gasteiger partial charge in [0.2, 0.25) is 5.16 Å². The van der Waals surface area contributed by atoms with Crippen LogP contribution >= 0.6 is 11.8 Å². The van der Waals surface area contributed by atoms with Crippen molar-refractivity contribution in [2.24, 2.45) is 0 Å². The van der Waals surface area contributed by atoms with Gasteiger partial charge in [0.1, 0.15) is 17.2 Å². The lowest BCUT2D eigenvalue weighted by Gasteiger charge is -2.11. The van der Waals surface area contributed by atoms with Crippen molar-refractivity contribution in [3.05, 3.63) is 53.1 Å². The molecule has 0 N–H and O–H groups in total. The van der Waals surface area contributed by atoms with Crippen molar-refractivity contribution in [2.75, 3.05) is 12.9 Å². The number of Topliss-reactive ketones (excluding diaryl/α,β-unsaturated/α-hetero) is 1. The molecule has 0 bridgehead atoms. The Morgan fingerprint density at radius 3 is 2.52 bits per heavy atom. The number of carbonyl (C=O) groups is 1. The molecule has 0 amide bonds. The lowest BCUT2D eigenvalue weighted by Crippen LogP contribution is -2.10. The molecule has 3 rings (SSSR count). The first kappa shape index (κ1) is 20.7. The zero-order valence-corrected chi connectivity index (χ0v) is 16.7. The molecule has 10 heteroatoms. The van der Waals surface area contributed by atoms with Crippen LogP contribution in [0.25, 0.3) is 5.69 Å². The molecule has 0 fully saturated rings. The number of rotatable bonds is 8. The summed E-state index contributed by atoms with van der Waals surface area (Å²) in [5.41, 5.74) is 2.46. The van der Waals surface area contributed by atoms with Crippen molar-refractivity contribution >= 4 is 17.5 Å². The van der Waals surface area contributed by atoms with Gasteiger partial charge in [0, 0.05) is 0 Å². The summed E-state index contributed by atoms with van der Waals surface area (Å²) in [5.74, 6) is -0.0176. The second-order valence-electron chi connectivity index (χ2n) is 6.14. The van der Waals surface area contributed by atoms with Crippen LogP contribution in [0.15, 0.2) is 41.6 Å². The zero-order chi connectivity index (χ0) is 21.0. The molecule has 1 aromatic heterocycles. The minimum Gasteiger partial charge on any atom is -0.494 e. The average Bonchev–Trinajstić information content (AvgIpc) is 3.15. The van der Waals surface area contributed by atoms with Crippen LogP contribution in [0.5, 0.6) is 11.5 Å². The molecule has 7 nitrogen and oxygen atoms in total. The molecule has 0 spiro atoms. The van der Waals surface area contributed by atoms with Gasteiger partial charge in [-0.1, -0.05) is 29.5 Å². The van der Waals surface area contributed by atoms with E-state index in [0.717, 1.165) is 22.9 Å². The maximum absolute atomic E-state index is 12.7. The number of hydrogen-bond acceptors (Lipinski definition) is 7. The van der Waals surface area contributed by atoms with Gasteiger partial charge >= 0.3 is 6.61 Å². The molecule has 3 aromatic rings. The second-order valence-corrected chi connectivity index (χ2v) is 7.08. The fourth-order valence-electron chi connectivity index (χ4n) is 2.65. The number of aromatic nitrogens is 4. The number of aryl methyl sites for hydroxylation is 2. The van der Waals surface area contributed by atoms with Gasteiger partial charge in [-0.2, -0.15) is 13.5 Å². The standard InChI is InChI=1S/C19H18F2N4O3S/c1-11-4-6-16(28-18(20)21)13(8-11)15(26)10-29-19-22-23-24-25(19)14-9-12(2)5-7-17(14)27-3/h4-9,18H,10H2,1-3H3. The Hall–Kier alpha value is -3.01. The van der Waals surface area contributed by atoms with Crippen LogP contribution in [0.3, 0.4) is 0 Å². The number of hydrogen-bond donors (Lipinski definition) is 0. The van der Waals surface area contributed by atoms with E-state index in [1.54, 1.807) is 19.1 Å². The number of alkyl halides is 2. The normalized spacial score (nSPS) is 11.0. The molecule has 0 atom stereocenters. The maximum atomic E-state index is 12.7. The number of thioether (sulfide) groups is 1. The van der Waals surface area contributed by atoms with Gasteiger partial charge in [-0.3, -0.25) is 4.79 Å². The first-order chi connectivity index (χ1) is 13.9. The van der Waals surface area contributed by atoms with Crippen LogP contribution in [0.4, 0.5) is 8.78 Å². The summed E-state index contributed by atoms with van der Waals surface area (Å²) in [6.45, 7) is 0.671. The molecule has 0 aliphatic heterocycles. The SMILES string of the molecule is COc1ccc(C)cc1-n1nnnc1SCC(=O)c1cc(C)ccc1OC(F)F. The first-order valence-electron chi connectivity index (χ1n) is 8.54. The Morgan fingerprint density at radius 2 is 1.83 bits per heavy atom. The molecule has 29 heavy (non-hydrogen) atoms. The smallest absolute Gasteiger partial charge is 0.387 e. The van der Waals surface area contributed by atoms with Gasteiger partial charge in [-0.05, 0) is 54.1 Å². The highest BCUT2D eigenvalue weighted by molar-refractivity contribution is 7.99. The van der Waals surface area contributed by atoms with E-state index in [9.17, 15) is 13.6 Å². The largest absolute Gasteiger partial charge is 0.494 e. The molecule has 1 heterocycles. The summed E-state index contributed by atoms with van der Waals surface area (Å²) in [6, 6.07) is 10.0. The number of ether oxygens (including phenoxy) is 2. The first-order valence-corrected chi connectivity index (χ1v) is 9.52. The van der Waals surface area contributed by atoms with Gasteiger partial charge in [0.05, 0.1) is 18.4 Å². The number of ketones is 1. The van der Waals surface area contributed by atoms with E-state index in [1.165, 1.54) is 23.9 Å². The van der Waals surface area contributed by atoms with E-state index in [2.05, 4.69) is 20.3 Å². The van der Waals surface area contributed by atoms with Crippen molar-refractivity contribution in [1.29, 1.82) is 0 Å². The Balaban J connectivity index is 1.83.